The van der Waals surface area contributed by atoms with Crippen LogP contribution in [0.15, 0.2) is 29.3 Å². The van der Waals surface area contributed by atoms with Gasteiger partial charge in [-0.1, -0.05) is 11.6 Å². The van der Waals surface area contributed by atoms with Crippen molar-refractivity contribution in [2.45, 2.75) is 0 Å². The molecule has 0 unspecified atom stereocenters. The van der Waals surface area contributed by atoms with Crippen molar-refractivity contribution in [1.82, 2.24) is 14.8 Å². The van der Waals surface area contributed by atoms with Crippen LogP contribution in [0.1, 0.15) is 0 Å². The van der Waals surface area contributed by atoms with Crippen molar-refractivity contribution in [2.24, 2.45) is 7.05 Å². The maximum absolute atomic E-state index is 11.9. The third kappa shape index (κ3) is 3.10. The van der Waals surface area contributed by atoms with Gasteiger partial charge >= 0.3 is 0 Å². The van der Waals surface area contributed by atoms with E-state index in [4.69, 9.17) is 16.3 Å². The molecule has 0 aliphatic carbocycles. The molecule has 2 aromatic heterocycles. The molecule has 0 spiro atoms. The van der Waals surface area contributed by atoms with E-state index < -0.39 is 0 Å². The zero-order chi connectivity index (χ0) is 16.4. The summed E-state index contributed by atoms with van der Waals surface area (Å²) in [7, 11) is 3.21. The molecule has 7 nitrogen and oxygen atoms in total. The number of rotatable bonds is 3. The highest BCUT2D eigenvalue weighted by Crippen LogP contribution is 2.24. The molecule has 1 saturated heterocycles. The molecule has 0 bridgehead atoms. The normalized spacial score (nSPS) is 14.9. The summed E-state index contributed by atoms with van der Waals surface area (Å²) in [5.41, 5.74) is 0.417. The van der Waals surface area contributed by atoms with E-state index in [1.165, 1.54) is 4.68 Å². The van der Waals surface area contributed by atoms with Gasteiger partial charge in [0.15, 0.2) is 0 Å². The van der Waals surface area contributed by atoms with Crippen LogP contribution in [0.4, 0.5) is 11.5 Å². The lowest BCUT2D eigenvalue weighted by Gasteiger charge is -2.36. The molecule has 23 heavy (non-hydrogen) atoms. The highest BCUT2D eigenvalue weighted by molar-refractivity contribution is 6.33. The van der Waals surface area contributed by atoms with Gasteiger partial charge in [0, 0.05) is 33.2 Å². The van der Waals surface area contributed by atoms with Crippen LogP contribution < -0.4 is 20.1 Å². The first-order valence-corrected chi connectivity index (χ1v) is 7.69. The molecule has 3 rings (SSSR count). The van der Waals surface area contributed by atoms with Crippen molar-refractivity contribution in [2.75, 3.05) is 43.1 Å². The van der Waals surface area contributed by atoms with Crippen molar-refractivity contribution in [3.8, 4) is 5.75 Å². The zero-order valence-electron chi connectivity index (χ0n) is 13.1. The zero-order valence-corrected chi connectivity index (χ0v) is 13.8. The Balaban J connectivity index is 1.71. The van der Waals surface area contributed by atoms with Gasteiger partial charge in [-0.15, -0.1) is 0 Å². The van der Waals surface area contributed by atoms with Gasteiger partial charge in [0.25, 0.3) is 5.56 Å². The monoisotopic (exact) mass is 335 g/mol. The molecule has 0 saturated carbocycles. The minimum absolute atomic E-state index is 0.221. The van der Waals surface area contributed by atoms with Crippen LogP contribution in [0.2, 0.25) is 5.02 Å². The van der Waals surface area contributed by atoms with Gasteiger partial charge in [-0.3, -0.25) is 4.79 Å². The fraction of sp³-hybridized carbons (Fsp3) is 0.400. The molecule has 1 fully saturated rings. The molecule has 122 valence electrons. The summed E-state index contributed by atoms with van der Waals surface area (Å²) in [6.07, 6.45) is 3.36. The van der Waals surface area contributed by atoms with Gasteiger partial charge in [0.1, 0.15) is 16.6 Å². The summed E-state index contributed by atoms with van der Waals surface area (Å²) in [5, 5.41) is 4.27. The van der Waals surface area contributed by atoms with Crippen molar-refractivity contribution in [1.29, 1.82) is 0 Å². The van der Waals surface area contributed by atoms with E-state index in [0.717, 1.165) is 37.7 Å². The van der Waals surface area contributed by atoms with Gasteiger partial charge in [0.05, 0.1) is 25.2 Å². The lowest BCUT2D eigenvalue weighted by atomic mass is 10.2. The summed E-state index contributed by atoms with van der Waals surface area (Å²) >= 11 is 6.16. The number of hydrogen-bond donors (Lipinski definition) is 0. The molecule has 0 radical (unpaired) electrons. The molecule has 0 N–H and O–H groups in total. The molecule has 1 aliphatic rings. The Labute approximate surface area is 139 Å². The topological polar surface area (TPSA) is 63.5 Å². The van der Waals surface area contributed by atoms with Gasteiger partial charge in [-0.25, -0.2) is 9.67 Å². The predicted octanol–water partition coefficient (Wildman–Crippen LogP) is 1.16. The highest BCUT2D eigenvalue weighted by atomic mass is 35.5. The first-order chi connectivity index (χ1) is 11.1. The fourth-order valence-corrected chi connectivity index (χ4v) is 2.87. The molecule has 0 atom stereocenters. The first kappa shape index (κ1) is 15.6. The third-order valence-electron chi connectivity index (χ3n) is 3.96. The summed E-state index contributed by atoms with van der Waals surface area (Å²) < 4.78 is 6.36. The second-order valence-corrected chi connectivity index (χ2v) is 5.68. The summed E-state index contributed by atoms with van der Waals surface area (Å²) in [6, 6.07) is 3.84. The van der Waals surface area contributed by atoms with Gasteiger partial charge in [-0.2, -0.15) is 5.10 Å². The number of aromatic nitrogens is 3. The molecule has 2 aromatic rings. The van der Waals surface area contributed by atoms with Gasteiger partial charge in [-0.05, 0) is 12.1 Å². The Morgan fingerprint density at radius 3 is 2.43 bits per heavy atom. The predicted molar refractivity (Wildman–Crippen MR) is 89.7 cm³/mol. The number of piperazine rings is 1. The number of pyridine rings is 1. The number of nitrogens with zero attached hydrogens (tertiary/aromatic N) is 5. The van der Waals surface area contributed by atoms with Gasteiger partial charge < -0.3 is 14.5 Å². The number of ether oxygens (including phenoxy) is 1. The summed E-state index contributed by atoms with van der Waals surface area (Å²) in [4.78, 5) is 20.6. The lowest BCUT2D eigenvalue weighted by Crippen LogP contribution is -2.47. The minimum atomic E-state index is -0.275. The Morgan fingerprint density at radius 2 is 1.83 bits per heavy atom. The first-order valence-electron chi connectivity index (χ1n) is 7.32. The van der Waals surface area contributed by atoms with E-state index >= 15 is 0 Å². The molecular weight excluding hydrogens is 318 g/mol. The second kappa shape index (κ2) is 6.45. The molecule has 3 heterocycles. The second-order valence-electron chi connectivity index (χ2n) is 5.30. The quantitative estimate of drug-likeness (QED) is 0.839. The summed E-state index contributed by atoms with van der Waals surface area (Å²) in [6.45, 7) is 3.10. The van der Waals surface area contributed by atoms with E-state index in [9.17, 15) is 4.79 Å². The number of halogens is 1. The van der Waals surface area contributed by atoms with Crippen LogP contribution in [-0.2, 0) is 7.05 Å². The van der Waals surface area contributed by atoms with Crippen molar-refractivity contribution in [3.05, 3.63) is 39.9 Å². The maximum atomic E-state index is 11.9. The molecule has 0 amide bonds. The molecular formula is C15H18ClN5O2. The van der Waals surface area contributed by atoms with Crippen LogP contribution in [0, 0.1) is 0 Å². The Bertz CT molecular complexity index is 739. The Morgan fingerprint density at radius 1 is 1.13 bits per heavy atom. The van der Waals surface area contributed by atoms with Crippen molar-refractivity contribution in [3.63, 3.8) is 0 Å². The van der Waals surface area contributed by atoms with E-state index in [2.05, 4.69) is 19.9 Å². The molecule has 1 aliphatic heterocycles. The third-order valence-corrected chi connectivity index (χ3v) is 4.32. The lowest BCUT2D eigenvalue weighted by molar-refractivity contribution is 0.413. The fourth-order valence-electron chi connectivity index (χ4n) is 2.58. The average molecular weight is 336 g/mol. The van der Waals surface area contributed by atoms with Crippen LogP contribution in [0.3, 0.4) is 0 Å². The SMILES string of the molecule is COc1ccc(N2CCN(c3cnn(C)c(=O)c3Cl)CC2)nc1. The van der Waals surface area contributed by atoms with E-state index in [1.807, 2.05) is 12.1 Å². The molecule has 0 aromatic carbocycles. The number of aryl methyl sites for hydroxylation is 1. The standard InChI is InChI=1S/C15H18ClN5O2/c1-19-15(22)14(16)12(10-18-19)20-5-7-21(8-6-20)13-4-3-11(23-2)9-17-13/h3-4,9-10H,5-8H2,1-2H3. The van der Waals surface area contributed by atoms with Crippen molar-refractivity contribution >= 4 is 23.1 Å². The van der Waals surface area contributed by atoms with E-state index in [1.54, 1.807) is 26.6 Å². The van der Waals surface area contributed by atoms with Crippen LogP contribution in [0.5, 0.6) is 5.75 Å². The van der Waals surface area contributed by atoms with Gasteiger partial charge in [0.2, 0.25) is 0 Å². The number of anilines is 2. The van der Waals surface area contributed by atoms with Crippen LogP contribution in [-0.4, -0.2) is 48.1 Å². The van der Waals surface area contributed by atoms with E-state index in [0.29, 0.717) is 5.69 Å². The smallest absolute Gasteiger partial charge is 0.287 e. The van der Waals surface area contributed by atoms with E-state index in [-0.39, 0.29) is 10.6 Å². The summed E-state index contributed by atoms with van der Waals surface area (Å²) in [5.74, 6) is 1.66. The average Bonchev–Trinajstić information content (AvgIpc) is 2.60. The number of hydrogen-bond acceptors (Lipinski definition) is 6. The highest BCUT2D eigenvalue weighted by Gasteiger charge is 2.21. The minimum Gasteiger partial charge on any atom is -0.495 e. The van der Waals surface area contributed by atoms with Crippen molar-refractivity contribution < 1.29 is 4.74 Å². The Hall–Kier alpha value is -2.28. The maximum Gasteiger partial charge on any atom is 0.287 e. The van der Waals surface area contributed by atoms with Crippen LogP contribution >= 0.6 is 11.6 Å². The van der Waals surface area contributed by atoms with Crippen LogP contribution in [0.25, 0.3) is 0 Å². The molecule has 8 heteroatoms. The largest absolute Gasteiger partial charge is 0.495 e. The number of methoxy groups -OCH3 is 1. The Kier molecular flexibility index (Phi) is 4.38.